The molecule has 106 valence electrons. The van der Waals surface area contributed by atoms with Crippen LogP contribution in [0.4, 0.5) is 11.6 Å². The van der Waals surface area contributed by atoms with Gasteiger partial charge in [-0.15, -0.1) is 0 Å². The van der Waals surface area contributed by atoms with Crippen LogP contribution < -0.4 is 16.2 Å². The molecular weight excluding hydrogens is 242 g/mol. The number of nitrogens with one attached hydrogen (secondary N) is 1. The Labute approximate surface area is 114 Å². The Morgan fingerprint density at radius 1 is 1.32 bits per heavy atom. The molecule has 0 aromatic carbocycles. The maximum atomic E-state index is 5.67. The van der Waals surface area contributed by atoms with Crippen LogP contribution in [0.25, 0.3) is 0 Å². The molecule has 1 aromatic heterocycles. The van der Waals surface area contributed by atoms with Crippen LogP contribution in [-0.4, -0.2) is 35.8 Å². The maximum absolute atomic E-state index is 5.67. The van der Waals surface area contributed by atoms with E-state index < -0.39 is 0 Å². The number of ether oxygens (including phenoxy) is 1. The number of nitrogen functional groups attached to an aromatic ring is 1. The van der Waals surface area contributed by atoms with Gasteiger partial charge in [0.15, 0.2) is 0 Å². The van der Waals surface area contributed by atoms with Crippen molar-refractivity contribution in [3.05, 3.63) is 11.4 Å². The zero-order valence-corrected chi connectivity index (χ0v) is 11.9. The molecular formula is C13H23N5O. The molecule has 0 saturated carbocycles. The van der Waals surface area contributed by atoms with Gasteiger partial charge in [-0.2, -0.15) is 0 Å². The first-order chi connectivity index (χ1) is 9.15. The summed E-state index contributed by atoms with van der Waals surface area (Å²) in [6.45, 7) is 8.65. The van der Waals surface area contributed by atoms with Crippen LogP contribution >= 0.6 is 0 Å². The number of piperidine rings is 1. The molecule has 6 heteroatoms. The van der Waals surface area contributed by atoms with Gasteiger partial charge in [-0.3, -0.25) is 0 Å². The van der Waals surface area contributed by atoms with Gasteiger partial charge >= 0.3 is 0 Å². The second-order valence-corrected chi connectivity index (χ2v) is 4.85. The number of anilines is 2. The Kier molecular flexibility index (Phi) is 4.55. The standard InChI is InChI=1S/C13H23N5O/c1-4-19-11-5-7-18(8-6-11)13-9(2)12(17-14)15-10(3)16-13/h11H,4-8,14H2,1-3H3,(H,15,16,17). The fraction of sp³-hybridized carbons (Fsp3) is 0.692. The van der Waals surface area contributed by atoms with Crippen molar-refractivity contribution in [2.75, 3.05) is 30.0 Å². The first-order valence-electron chi connectivity index (χ1n) is 6.84. The maximum Gasteiger partial charge on any atom is 0.148 e. The number of hydrazine groups is 1. The first kappa shape index (κ1) is 14.0. The third-order valence-corrected chi connectivity index (χ3v) is 3.51. The third-order valence-electron chi connectivity index (χ3n) is 3.51. The Hall–Kier alpha value is -1.40. The topological polar surface area (TPSA) is 76.3 Å². The highest BCUT2D eigenvalue weighted by atomic mass is 16.5. The second-order valence-electron chi connectivity index (χ2n) is 4.85. The number of aryl methyl sites for hydroxylation is 1. The van der Waals surface area contributed by atoms with Gasteiger partial charge in [0.05, 0.1) is 6.10 Å². The summed E-state index contributed by atoms with van der Waals surface area (Å²) in [5.74, 6) is 7.92. The monoisotopic (exact) mass is 265 g/mol. The Morgan fingerprint density at radius 3 is 2.58 bits per heavy atom. The molecule has 0 aliphatic carbocycles. The van der Waals surface area contributed by atoms with Crippen molar-refractivity contribution in [1.29, 1.82) is 0 Å². The smallest absolute Gasteiger partial charge is 0.148 e. The summed E-state index contributed by atoms with van der Waals surface area (Å²) in [5.41, 5.74) is 3.64. The molecule has 6 nitrogen and oxygen atoms in total. The van der Waals surface area contributed by atoms with Gasteiger partial charge in [0.1, 0.15) is 17.5 Å². The molecule has 1 fully saturated rings. The van der Waals surface area contributed by atoms with Gasteiger partial charge in [-0.05, 0) is 33.6 Å². The van der Waals surface area contributed by atoms with Crippen molar-refractivity contribution < 1.29 is 4.74 Å². The van der Waals surface area contributed by atoms with Crippen LogP contribution in [0.1, 0.15) is 31.2 Å². The predicted octanol–water partition coefficient (Wildman–Crippen LogP) is 1.38. The average Bonchev–Trinajstić information content (AvgIpc) is 2.42. The molecule has 0 atom stereocenters. The lowest BCUT2D eigenvalue weighted by atomic mass is 10.1. The molecule has 2 rings (SSSR count). The van der Waals surface area contributed by atoms with Gasteiger partial charge in [0, 0.05) is 25.3 Å². The fourth-order valence-electron chi connectivity index (χ4n) is 2.53. The lowest BCUT2D eigenvalue weighted by Gasteiger charge is -2.33. The zero-order chi connectivity index (χ0) is 13.8. The van der Waals surface area contributed by atoms with Gasteiger partial charge in [0.2, 0.25) is 0 Å². The molecule has 0 bridgehead atoms. The highest BCUT2D eigenvalue weighted by Gasteiger charge is 2.22. The van der Waals surface area contributed by atoms with E-state index in [2.05, 4.69) is 20.3 Å². The number of hydrogen-bond donors (Lipinski definition) is 2. The van der Waals surface area contributed by atoms with E-state index in [4.69, 9.17) is 10.6 Å². The van der Waals surface area contributed by atoms with Crippen LogP contribution in [-0.2, 0) is 4.74 Å². The minimum absolute atomic E-state index is 0.386. The number of nitrogens with zero attached hydrogens (tertiary/aromatic N) is 3. The summed E-state index contributed by atoms with van der Waals surface area (Å²) in [5, 5.41) is 0. The number of rotatable bonds is 4. The molecule has 0 spiro atoms. The summed E-state index contributed by atoms with van der Waals surface area (Å²) >= 11 is 0. The van der Waals surface area contributed by atoms with Crippen LogP contribution in [0.5, 0.6) is 0 Å². The van der Waals surface area contributed by atoms with E-state index in [1.54, 1.807) is 0 Å². The SMILES string of the molecule is CCOC1CCN(c2nc(C)nc(NN)c2C)CC1. The number of aromatic nitrogens is 2. The van der Waals surface area contributed by atoms with Crippen LogP contribution in [0.2, 0.25) is 0 Å². The Balaban J connectivity index is 2.13. The summed E-state index contributed by atoms with van der Waals surface area (Å²) in [6, 6.07) is 0. The summed E-state index contributed by atoms with van der Waals surface area (Å²) < 4.78 is 5.67. The molecule has 0 amide bonds. The Bertz CT molecular complexity index is 429. The molecule has 1 aliphatic rings. The van der Waals surface area contributed by atoms with E-state index in [0.29, 0.717) is 11.9 Å². The van der Waals surface area contributed by atoms with Gasteiger partial charge in [-0.1, -0.05) is 0 Å². The van der Waals surface area contributed by atoms with E-state index in [-0.39, 0.29) is 0 Å². The molecule has 3 N–H and O–H groups in total. The van der Waals surface area contributed by atoms with Crippen LogP contribution in [0, 0.1) is 13.8 Å². The van der Waals surface area contributed by atoms with Crippen LogP contribution in [0.3, 0.4) is 0 Å². The molecule has 19 heavy (non-hydrogen) atoms. The first-order valence-corrected chi connectivity index (χ1v) is 6.84. The van der Waals surface area contributed by atoms with E-state index >= 15 is 0 Å². The van der Waals surface area contributed by atoms with Gasteiger partial charge in [-0.25, -0.2) is 15.8 Å². The molecule has 0 unspecified atom stereocenters. The lowest BCUT2D eigenvalue weighted by molar-refractivity contribution is 0.0458. The molecule has 1 saturated heterocycles. The van der Waals surface area contributed by atoms with E-state index in [9.17, 15) is 0 Å². The van der Waals surface area contributed by atoms with Crippen molar-refractivity contribution in [3.63, 3.8) is 0 Å². The minimum Gasteiger partial charge on any atom is -0.378 e. The van der Waals surface area contributed by atoms with Gasteiger partial charge < -0.3 is 15.1 Å². The largest absolute Gasteiger partial charge is 0.378 e. The normalized spacial score (nSPS) is 16.7. The minimum atomic E-state index is 0.386. The highest BCUT2D eigenvalue weighted by Crippen LogP contribution is 2.26. The summed E-state index contributed by atoms with van der Waals surface area (Å²) in [4.78, 5) is 11.1. The van der Waals surface area contributed by atoms with Crippen molar-refractivity contribution in [2.45, 2.75) is 39.7 Å². The summed E-state index contributed by atoms with van der Waals surface area (Å²) in [6.07, 6.45) is 2.47. The van der Waals surface area contributed by atoms with E-state index in [1.165, 1.54) is 0 Å². The number of nitrogens with two attached hydrogens (primary N) is 1. The number of hydrogen-bond acceptors (Lipinski definition) is 6. The van der Waals surface area contributed by atoms with Crippen LogP contribution in [0.15, 0.2) is 0 Å². The van der Waals surface area contributed by atoms with E-state index in [1.807, 2.05) is 20.8 Å². The third kappa shape index (κ3) is 3.13. The second kappa shape index (κ2) is 6.16. The lowest BCUT2D eigenvalue weighted by Crippen LogP contribution is -2.38. The van der Waals surface area contributed by atoms with Crippen molar-refractivity contribution in [2.24, 2.45) is 5.84 Å². The molecule has 1 aliphatic heterocycles. The highest BCUT2D eigenvalue weighted by molar-refractivity contribution is 5.58. The Morgan fingerprint density at radius 2 is 2.00 bits per heavy atom. The van der Waals surface area contributed by atoms with Crippen molar-refractivity contribution >= 4 is 11.6 Å². The molecule has 1 aromatic rings. The van der Waals surface area contributed by atoms with E-state index in [0.717, 1.165) is 49.7 Å². The summed E-state index contributed by atoms with van der Waals surface area (Å²) in [7, 11) is 0. The molecule has 0 radical (unpaired) electrons. The fourth-order valence-corrected chi connectivity index (χ4v) is 2.53. The predicted molar refractivity (Wildman–Crippen MR) is 76.2 cm³/mol. The van der Waals surface area contributed by atoms with Gasteiger partial charge in [0.25, 0.3) is 0 Å². The van der Waals surface area contributed by atoms with Crippen molar-refractivity contribution in [3.8, 4) is 0 Å². The average molecular weight is 265 g/mol. The molecule has 2 heterocycles. The quantitative estimate of drug-likeness (QED) is 0.633. The zero-order valence-electron chi connectivity index (χ0n) is 11.9. The van der Waals surface area contributed by atoms with Crippen molar-refractivity contribution in [1.82, 2.24) is 9.97 Å².